The molecular formula is C2H6K2O2. The largest absolute Gasteiger partial charge is 2.00 e. The molecule has 0 saturated heterocycles. The molecule has 28 valence electrons. The van der Waals surface area contributed by atoms with Gasteiger partial charge in [0.25, 0.3) is 0 Å². The predicted molar refractivity (Wildman–Crippen MR) is 13.4 cm³/mol. The van der Waals surface area contributed by atoms with Crippen LogP contribution in [0.5, 0.6) is 0 Å². The monoisotopic (exact) mass is 140 g/mol. The molecule has 1 N–H and O–H groups in total. The van der Waals surface area contributed by atoms with Crippen LogP contribution >= 0.6 is 0 Å². The van der Waals surface area contributed by atoms with Crippen molar-refractivity contribution >= 4 is 0 Å². The molecule has 0 heterocycles. The fraction of sp³-hybridized carbons (Fsp3) is 1.00. The zero-order chi connectivity index (χ0) is 2.71. The standard InChI is InChI=1S/C2H6O.2K.O/c1-2-3;;;/h3H,2H2,1H3;;;/q;2*+1;-2. The third kappa shape index (κ3) is 27.1. The summed E-state index contributed by atoms with van der Waals surface area (Å²) in [5, 5.41) is 7.57. The van der Waals surface area contributed by atoms with Crippen molar-refractivity contribution < 1.29 is 113 Å². The van der Waals surface area contributed by atoms with Crippen LogP contribution in [0.3, 0.4) is 0 Å². The number of hydrogen-bond acceptors (Lipinski definition) is 1. The van der Waals surface area contributed by atoms with Gasteiger partial charge in [0.15, 0.2) is 0 Å². The summed E-state index contributed by atoms with van der Waals surface area (Å²) in [7, 11) is 0. The Kier molecular flexibility index (Phi) is 92.0. The van der Waals surface area contributed by atoms with E-state index in [-0.39, 0.29) is 115 Å². The summed E-state index contributed by atoms with van der Waals surface area (Å²) in [5.41, 5.74) is 0. The Morgan fingerprint density at radius 1 is 1.33 bits per heavy atom. The maximum Gasteiger partial charge on any atom is 1.00 e. The Labute approximate surface area is 123 Å². The Balaban J connectivity index is -0.00000000667. The van der Waals surface area contributed by atoms with E-state index in [0.29, 0.717) is 0 Å². The van der Waals surface area contributed by atoms with Gasteiger partial charge in [-0.1, -0.05) is 0 Å². The van der Waals surface area contributed by atoms with Gasteiger partial charge in [-0.25, -0.2) is 0 Å². The normalized spacial score (nSPS) is 3.00. The fourth-order valence-electron chi connectivity index (χ4n) is 0. The molecule has 6 heavy (non-hydrogen) atoms. The fourth-order valence-corrected chi connectivity index (χ4v) is 0. The molecule has 2 nitrogen and oxygen atoms in total. The summed E-state index contributed by atoms with van der Waals surface area (Å²) in [6.45, 7) is 1.93. The van der Waals surface area contributed by atoms with Gasteiger partial charge in [-0.05, 0) is 6.92 Å². The summed E-state index contributed by atoms with van der Waals surface area (Å²) >= 11 is 0. The molecule has 0 fully saturated rings. The van der Waals surface area contributed by atoms with Gasteiger partial charge in [-0.15, -0.1) is 0 Å². The molecule has 0 bridgehead atoms. The van der Waals surface area contributed by atoms with Crippen molar-refractivity contribution in [1.82, 2.24) is 0 Å². The van der Waals surface area contributed by atoms with E-state index in [4.69, 9.17) is 5.11 Å². The molecule has 0 aromatic carbocycles. The first-order chi connectivity index (χ1) is 1.41. The second-order valence-electron chi connectivity index (χ2n) is 0.316. The van der Waals surface area contributed by atoms with Crippen LogP contribution in [0.1, 0.15) is 6.92 Å². The average Bonchev–Trinajstić information content (AvgIpc) is 0.918. The molecule has 0 atom stereocenters. The molecule has 0 saturated carbocycles. The van der Waals surface area contributed by atoms with Gasteiger partial charge in [0.2, 0.25) is 0 Å². The van der Waals surface area contributed by atoms with Crippen LogP contribution in [0.4, 0.5) is 0 Å². The predicted octanol–water partition coefficient (Wildman–Crippen LogP) is -6.11. The second kappa shape index (κ2) is 24.1. The van der Waals surface area contributed by atoms with Crippen LogP contribution in [0, 0.1) is 0 Å². The first-order valence-corrected chi connectivity index (χ1v) is 1.02. The quantitative estimate of drug-likeness (QED) is 0.335. The van der Waals surface area contributed by atoms with Crippen molar-refractivity contribution in [3.05, 3.63) is 0 Å². The van der Waals surface area contributed by atoms with E-state index in [9.17, 15) is 0 Å². The number of rotatable bonds is 0. The van der Waals surface area contributed by atoms with Crippen LogP contribution in [-0.2, 0) is 5.48 Å². The molecule has 0 aliphatic heterocycles. The van der Waals surface area contributed by atoms with Crippen molar-refractivity contribution in [3.8, 4) is 0 Å². The Hall–Kier alpha value is 3.19. The topological polar surface area (TPSA) is 48.7 Å². The molecule has 0 aliphatic rings. The summed E-state index contributed by atoms with van der Waals surface area (Å²) in [6.07, 6.45) is 0. The maximum atomic E-state index is 7.57. The minimum absolute atomic E-state index is 0. The molecule has 0 aromatic heterocycles. The number of aliphatic hydroxyl groups excluding tert-OH is 1. The van der Waals surface area contributed by atoms with Crippen molar-refractivity contribution in [2.24, 2.45) is 0 Å². The molecule has 0 amide bonds. The van der Waals surface area contributed by atoms with Gasteiger partial charge < -0.3 is 10.6 Å². The second-order valence-corrected chi connectivity index (χ2v) is 0.316. The van der Waals surface area contributed by atoms with E-state index < -0.39 is 0 Å². The summed E-state index contributed by atoms with van der Waals surface area (Å²) in [4.78, 5) is 0. The van der Waals surface area contributed by atoms with Crippen molar-refractivity contribution in [1.29, 1.82) is 0 Å². The van der Waals surface area contributed by atoms with Gasteiger partial charge >= 0.3 is 103 Å². The number of hydrogen-bond donors (Lipinski definition) is 1. The molecule has 0 aromatic rings. The van der Waals surface area contributed by atoms with Gasteiger partial charge in [0.05, 0.1) is 0 Å². The van der Waals surface area contributed by atoms with E-state index in [1.807, 2.05) is 0 Å². The number of aliphatic hydroxyl groups is 1. The minimum Gasteiger partial charge on any atom is -2.00 e. The summed E-state index contributed by atoms with van der Waals surface area (Å²) in [6, 6.07) is 0. The molecule has 0 aliphatic carbocycles. The van der Waals surface area contributed by atoms with E-state index in [0.717, 1.165) is 0 Å². The zero-order valence-corrected chi connectivity index (χ0v) is 10.8. The Morgan fingerprint density at radius 2 is 1.33 bits per heavy atom. The molecule has 0 rings (SSSR count). The zero-order valence-electron chi connectivity index (χ0n) is 4.56. The van der Waals surface area contributed by atoms with Gasteiger partial charge in [-0.2, -0.15) is 0 Å². The van der Waals surface area contributed by atoms with E-state index in [1.54, 1.807) is 6.92 Å². The smallest absolute Gasteiger partial charge is 1.00 e. The van der Waals surface area contributed by atoms with E-state index in [2.05, 4.69) is 0 Å². The van der Waals surface area contributed by atoms with Crippen LogP contribution in [0.25, 0.3) is 0 Å². The Morgan fingerprint density at radius 3 is 1.33 bits per heavy atom. The van der Waals surface area contributed by atoms with Crippen LogP contribution in [-0.4, -0.2) is 11.7 Å². The van der Waals surface area contributed by atoms with Crippen LogP contribution < -0.4 is 103 Å². The third-order valence-electron chi connectivity index (χ3n) is 0. The van der Waals surface area contributed by atoms with Crippen molar-refractivity contribution in [2.45, 2.75) is 6.92 Å². The first kappa shape index (κ1) is 22.9. The summed E-state index contributed by atoms with van der Waals surface area (Å²) < 4.78 is 0. The van der Waals surface area contributed by atoms with Crippen molar-refractivity contribution in [2.75, 3.05) is 6.61 Å². The van der Waals surface area contributed by atoms with Gasteiger partial charge in [0, 0.05) is 6.61 Å². The Bertz CT molecular complexity index is 9.51. The van der Waals surface area contributed by atoms with Crippen LogP contribution in [0.15, 0.2) is 0 Å². The average molecular weight is 140 g/mol. The SMILES string of the molecule is CCO.[K+].[K+].[O-2]. The molecule has 0 spiro atoms. The van der Waals surface area contributed by atoms with Crippen LogP contribution in [0.2, 0.25) is 0 Å². The van der Waals surface area contributed by atoms with E-state index in [1.165, 1.54) is 0 Å². The molecular weight excluding hydrogens is 134 g/mol. The molecule has 0 radical (unpaired) electrons. The van der Waals surface area contributed by atoms with Gasteiger partial charge in [0.1, 0.15) is 0 Å². The molecule has 4 heteroatoms. The summed E-state index contributed by atoms with van der Waals surface area (Å²) in [5.74, 6) is 0. The maximum absolute atomic E-state index is 7.57. The van der Waals surface area contributed by atoms with Gasteiger partial charge in [-0.3, -0.25) is 0 Å². The third-order valence-corrected chi connectivity index (χ3v) is 0. The minimum atomic E-state index is 0. The van der Waals surface area contributed by atoms with E-state index >= 15 is 0 Å². The first-order valence-electron chi connectivity index (χ1n) is 1.02. The van der Waals surface area contributed by atoms with Crippen molar-refractivity contribution in [3.63, 3.8) is 0 Å². The molecule has 0 unspecified atom stereocenters.